The zero-order valence-electron chi connectivity index (χ0n) is 13.9. The number of ether oxygens (including phenoxy) is 1. The molecule has 1 aliphatic heterocycles. The first-order chi connectivity index (χ1) is 12.1. The first-order valence-electron chi connectivity index (χ1n) is 8.08. The number of phenols is 1. The summed E-state index contributed by atoms with van der Waals surface area (Å²) in [5.41, 5.74) is 1.97. The van der Waals surface area contributed by atoms with Crippen LogP contribution in [0.3, 0.4) is 0 Å². The zero-order chi connectivity index (χ0) is 17.8. The number of allylic oxidation sites excluding steroid dienone is 1. The molecular formula is C20H19NO4. The lowest BCUT2D eigenvalue weighted by atomic mass is 10.1. The largest absolute Gasteiger partial charge is 0.504 e. The van der Waals surface area contributed by atoms with Gasteiger partial charge in [-0.2, -0.15) is 0 Å². The molecule has 0 aromatic heterocycles. The third kappa shape index (κ3) is 3.71. The van der Waals surface area contributed by atoms with E-state index in [0.29, 0.717) is 29.8 Å². The van der Waals surface area contributed by atoms with Crippen LogP contribution in [0.25, 0.3) is 6.08 Å². The normalized spacial score (nSPS) is 14.3. The molecule has 2 aromatic carbocycles. The second kappa shape index (κ2) is 7.21. The van der Waals surface area contributed by atoms with Crippen LogP contribution in [0.5, 0.6) is 11.5 Å². The topological polar surface area (TPSA) is 66.8 Å². The average Bonchev–Trinajstić information content (AvgIpc) is 3.06. The van der Waals surface area contributed by atoms with Crippen LogP contribution in [0.1, 0.15) is 28.8 Å². The van der Waals surface area contributed by atoms with Gasteiger partial charge in [-0.1, -0.05) is 24.3 Å². The molecule has 128 valence electrons. The van der Waals surface area contributed by atoms with Crippen molar-refractivity contribution in [1.29, 1.82) is 0 Å². The van der Waals surface area contributed by atoms with Gasteiger partial charge in [-0.15, -0.1) is 0 Å². The Morgan fingerprint density at radius 1 is 1.24 bits per heavy atom. The van der Waals surface area contributed by atoms with Gasteiger partial charge >= 0.3 is 0 Å². The van der Waals surface area contributed by atoms with Gasteiger partial charge in [0.2, 0.25) is 5.91 Å². The van der Waals surface area contributed by atoms with Crippen LogP contribution in [0.15, 0.2) is 48.5 Å². The predicted octanol–water partition coefficient (Wildman–Crippen LogP) is 3.42. The van der Waals surface area contributed by atoms with E-state index >= 15 is 0 Å². The van der Waals surface area contributed by atoms with Crippen molar-refractivity contribution >= 4 is 23.5 Å². The van der Waals surface area contributed by atoms with E-state index < -0.39 is 0 Å². The van der Waals surface area contributed by atoms with E-state index in [-0.39, 0.29) is 17.4 Å². The van der Waals surface area contributed by atoms with Crippen molar-refractivity contribution in [2.45, 2.75) is 12.8 Å². The van der Waals surface area contributed by atoms with Gasteiger partial charge < -0.3 is 14.7 Å². The summed E-state index contributed by atoms with van der Waals surface area (Å²) in [7, 11) is 1.48. The SMILES string of the molecule is COc1ccc(/C=C/C(=O)c2cccc(N3CCCC3=O)c2)cc1O. The Hall–Kier alpha value is -3.08. The Morgan fingerprint density at radius 2 is 2.08 bits per heavy atom. The third-order valence-corrected chi connectivity index (χ3v) is 4.15. The zero-order valence-corrected chi connectivity index (χ0v) is 13.9. The summed E-state index contributed by atoms with van der Waals surface area (Å²) in [6.07, 6.45) is 4.48. The number of phenolic OH excluding ortho intramolecular Hbond substituents is 1. The average molecular weight is 337 g/mol. The van der Waals surface area contributed by atoms with Crippen molar-refractivity contribution < 1.29 is 19.4 Å². The van der Waals surface area contributed by atoms with Crippen LogP contribution in [0.2, 0.25) is 0 Å². The molecule has 1 heterocycles. The van der Waals surface area contributed by atoms with Crippen molar-refractivity contribution in [2.24, 2.45) is 0 Å². The molecule has 3 rings (SSSR count). The quantitative estimate of drug-likeness (QED) is 0.670. The van der Waals surface area contributed by atoms with Gasteiger partial charge in [0.1, 0.15) is 0 Å². The molecule has 0 atom stereocenters. The van der Waals surface area contributed by atoms with Crippen LogP contribution in [-0.2, 0) is 4.79 Å². The Morgan fingerprint density at radius 3 is 2.76 bits per heavy atom. The van der Waals surface area contributed by atoms with Crippen LogP contribution in [0.4, 0.5) is 5.69 Å². The summed E-state index contributed by atoms with van der Waals surface area (Å²) in [5, 5.41) is 9.77. The number of aromatic hydroxyl groups is 1. The van der Waals surface area contributed by atoms with Crippen molar-refractivity contribution in [1.82, 2.24) is 0 Å². The third-order valence-electron chi connectivity index (χ3n) is 4.15. The van der Waals surface area contributed by atoms with Gasteiger partial charge in [-0.25, -0.2) is 0 Å². The highest BCUT2D eigenvalue weighted by Gasteiger charge is 2.22. The molecule has 1 N–H and O–H groups in total. The summed E-state index contributed by atoms with van der Waals surface area (Å²) in [6, 6.07) is 12.0. The molecule has 0 aliphatic carbocycles. The van der Waals surface area contributed by atoms with E-state index in [4.69, 9.17) is 4.74 Å². The molecular weight excluding hydrogens is 318 g/mol. The lowest BCUT2D eigenvalue weighted by Crippen LogP contribution is -2.23. The molecule has 0 bridgehead atoms. The maximum atomic E-state index is 12.4. The van der Waals surface area contributed by atoms with Crippen LogP contribution >= 0.6 is 0 Å². The molecule has 1 saturated heterocycles. The predicted molar refractivity (Wildman–Crippen MR) is 96.1 cm³/mol. The van der Waals surface area contributed by atoms with Crippen molar-refractivity contribution in [3.8, 4) is 11.5 Å². The van der Waals surface area contributed by atoms with Gasteiger partial charge in [-0.3, -0.25) is 9.59 Å². The Labute approximate surface area is 146 Å². The van der Waals surface area contributed by atoms with Crippen molar-refractivity contribution in [3.05, 3.63) is 59.7 Å². The number of hydrogen-bond donors (Lipinski definition) is 1. The molecule has 1 aliphatic rings. The maximum Gasteiger partial charge on any atom is 0.227 e. The number of anilines is 1. The Kier molecular flexibility index (Phi) is 4.84. The molecule has 0 saturated carbocycles. The smallest absolute Gasteiger partial charge is 0.227 e. The van der Waals surface area contributed by atoms with Crippen LogP contribution in [-0.4, -0.2) is 30.5 Å². The van der Waals surface area contributed by atoms with E-state index in [1.165, 1.54) is 19.3 Å². The fourth-order valence-corrected chi connectivity index (χ4v) is 2.83. The van der Waals surface area contributed by atoms with E-state index in [0.717, 1.165) is 12.1 Å². The molecule has 0 spiro atoms. The Balaban J connectivity index is 1.77. The number of carbonyl (C=O) groups excluding carboxylic acids is 2. The first kappa shape index (κ1) is 16.8. The molecule has 0 unspecified atom stereocenters. The molecule has 25 heavy (non-hydrogen) atoms. The summed E-state index contributed by atoms with van der Waals surface area (Å²) in [5.74, 6) is 0.329. The molecule has 2 aromatic rings. The number of carbonyl (C=O) groups is 2. The number of nitrogens with zero attached hydrogens (tertiary/aromatic N) is 1. The number of rotatable bonds is 5. The second-order valence-corrected chi connectivity index (χ2v) is 5.83. The fourth-order valence-electron chi connectivity index (χ4n) is 2.83. The lowest BCUT2D eigenvalue weighted by molar-refractivity contribution is -0.117. The molecule has 0 radical (unpaired) electrons. The Bertz CT molecular complexity index is 841. The molecule has 1 amide bonds. The number of ketones is 1. The minimum atomic E-state index is -0.163. The lowest BCUT2D eigenvalue weighted by Gasteiger charge is -2.16. The molecule has 5 heteroatoms. The highest BCUT2D eigenvalue weighted by molar-refractivity contribution is 6.08. The minimum Gasteiger partial charge on any atom is -0.504 e. The highest BCUT2D eigenvalue weighted by Crippen LogP contribution is 2.27. The van der Waals surface area contributed by atoms with Crippen molar-refractivity contribution in [2.75, 3.05) is 18.6 Å². The number of hydrogen-bond acceptors (Lipinski definition) is 4. The molecule has 1 fully saturated rings. The second-order valence-electron chi connectivity index (χ2n) is 5.83. The fraction of sp³-hybridized carbons (Fsp3) is 0.200. The summed E-state index contributed by atoms with van der Waals surface area (Å²) in [6.45, 7) is 0.692. The van der Waals surface area contributed by atoms with Crippen LogP contribution in [0, 0.1) is 0 Å². The maximum absolute atomic E-state index is 12.4. The summed E-state index contributed by atoms with van der Waals surface area (Å²) >= 11 is 0. The summed E-state index contributed by atoms with van der Waals surface area (Å²) in [4.78, 5) is 26.0. The standard InChI is InChI=1S/C20H19NO4/c1-25-19-10-8-14(12-18(19)23)7-9-17(22)15-4-2-5-16(13-15)21-11-3-6-20(21)24/h2,4-5,7-10,12-13,23H,3,6,11H2,1H3/b9-7+. The number of benzene rings is 2. The number of amides is 1. The van der Waals surface area contributed by atoms with Gasteiger partial charge in [-0.05, 0) is 42.3 Å². The summed E-state index contributed by atoms with van der Waals surface area (Å²) < 4.78 is 4.99. The van der Waals surface area contributed by atoms with Crippen LogP contribution < -0.4 is 9.64 Å². The van der Waals surface area contributed by atoms with Gasteiger partial charge in [0.25, 0.3) is 0 Å². The van der Waals surface area contributed by atoms with E-state index in [9.17, 15) is 14.7 Å². The monoisotopic (exact) mass is 337 g/mol. The van der Waals surface area contributed by atoms with E-state index in [1.807, 2.05) is 6.07 Å². The highest BCUT2D eigenvalue weighted by atomic mass is 16.5. The van der Waals surface area contributed by atoms with Crippen molar-refractivity contribution in [3.63, 3.8) is 0 Å². The van der Waals surface area contributed by atoms with E-state index in [2.05, 4.69) is 0 Å². The van der Waals surface area contributed by atoms with Gasteiger partial charge in [0.05, 0.1) is 7.11 Å². The van der Waals surface area contributed by atoms with E-state index in [1.54, 1.807) is 41.3 Å². The minimum absolute atomic E-state index is 0.0200. The van der Waals surface area contributed by atoms with Gasteiger partial charge in [0, 0.05) is 24.2 Å². The first-order valence-corrected chi connectivity index (χ1v) is 8.08. The molecule has 5 nitrogen and oxygen atoms in total. The van der Waals surface area contributed by atoms with Gasteiger partial charge in [0.15, 0.2) is 17.3 Å². The number of methoxy groups -OCH3 is 1.